The van der Waals surface area contributed by atoms with Crippen molar-refractivity contribution in [2.24, 2.45) is 0 Å². The Morgan fingerprint density at radius 3 is 2.67 bits per heavy atom. The summed E-state index contributed by atoms with van der Waals surface area (Å²) < 4.78 is 40.6. The molecule has 0 unspecified atom stereocenters. The molecule has 7 nitrogen and oxygen atoms in total. The van der Waals surface area contributed by atoms with Crippen molar-refractivity contribution in [3.05, 3.63) is 40.7 Å². The van der Waals surface area contributed by atoms with Crippen LogP contribution in [0, 0.1) is 12.7 Å². The molecule has 1 aliphatic heterocycles. The van der Waals surface area contributed by atoms with Gasteiger partial charge >= 0.3 is 0 Å². The monoisotopic (exact) mass is 411 g/mol. The molecule has 1 fully saturated rings. The third-order valence-corrected chi connectivity index (χ3v) is 7.39. The zero-order chi connectivity index (χ0) is 19.8. The summed E-state index contributed by atoms with van der Waals surface area (Å²) in [6.07, 6.45) is 0.810. The van der Waals surface area contributed by atoms with Crippen LogP contribution in [0.15, 0.2) is 29.2 Å². The minimum absolute atomic E-state index is 0.129. The molecular formula is C17H18FN3O4S2. The van der Waals surface area contributed by atoms with E-state index >= 15 is 0 Å². The van der Waals surface area contributed by atoms with Gasteiger partial charge in [0.15, 0.2) is 10.9 Å². The van der Waals surface area contributed by atoms with Crippen LogP contribution in [0.5, 0.6) is 0 Å². The molecule has 144 valence electrons. The first-order chi connectivity index (χ1) is 12.7. The maximum absolute atomic E-state index is 14.0. The van der Waals surface area contributed by atoms with Gasteiger partial charge in [0, 0.05) is 13.5 Å². The van der Waals surface area contributed by atoms with Crippen molar-refractivity contribution in [2.45, 2.75) is 37.6 Å². The number of hydrogen-bond donors (Lipinski definition) is 1. The summed E-state index contributed by atoms with van der Waals surface area (Å²) in [4.78, 5) is 28.3. The number of carbonyl (C=O) groups excluding carboxylic acids is 2. The van der Waals surface area contributed by atoms with E-state index in [-0.39, 0.29) is 17.5 Å². The first-order valence-corrected chi connectivity index (χ1v) is 10.5. The van der Waals surface area contributed by atoms with Gasteiger partial charge in [-0.3, -0.25) is 9.59 Å². The van der Waals surface area contributed by atoms with Crippen molar-refractivity contribution in [2.75, 3.05) is 11.9 Å². The third-order valence-electron chi connectivity index (χ3n) is 4.28. The molecule has 1 aliphatic rings. The molecule has 0 spiro atoms. The molecule has 1 N–H and O–H groups in total. The second-order valence-electron chi connectivity index (χ2n) is 6.18. The Bertz CT molecular complexity index is 1000. The topological polar surface area (TPSA) is 96.4 Å². The van der Waals surface area contributed by atoms with E-state index in [1.165, 1.54) is 25.1 Å². The minimum atomic E-state index is -4.15. The Balaban J connectivity index is 1.84. The van der Waals surface area contributed by atoms with E-state index in [2.05, 4.69) is 10.3 Å². The number of hydrogen-bond acceptors (Lipinski definition) is 6. The molecule has 0 aliphatic carbocycles. The van der Waals surface area contributed by atoms with Crippen molar-refractivity contribution in [1.82, 2.24) is 9.29 Å². The number of Topliss-reactive ketones (excluding diaryl/α,β-unsaturated/α-hetero) is 1. The van der Waals surface area contributed by atoms with E-state index in [1.54, 1.807) is 6.92 Å². The molecule has 2 heterocycles. The molecule has 3 rings (SSSR count). The molecule has 0 radical (unpaired) electrons. The quantitative estimate of drug-likeness (QED) is 0.763. The van der Waals surface area contributed by atoms with Crippen molar-refractivity contribution < 1.29 is 22.4 Å². The van der Waals surface area contributed by atoms with E-state index in [1.807, 2.05) is 0 Å². The van der Waals surface area contributed by atoms with Crippen molar-refractivity contribution in [3.63, 3.8) is 0 Å². The molecule has 1 saturated heterocycles. The van der Waals surface area contributed by atoms with Crippen LogP contribution in [0.2, 0.25) is 0 Å². The van der Waals surface area contributed by atoms with Gasteiger partial charge in [-0.15, -0.1) is 0 Å². The molecule has 0 saturated carbocycles. The minimum Gasteiger partial charge on any atom is -0.301 e. The summed E-state index contributed by atoms with van der Waals surface area (Å²) in [6, 6.07) is 4.13. The normalized spacial score (nSPS) is 17.8. The number of benzene rings is 1. The number of ketones is 1. The van der Waals surface area contributed by atoms with Crippen LogP contribution in [-0.2, 0) is 14.8 Å². The SMILES string of the molecule is CC(=O)c1sc(NC(=O)[C@@H]2CCCN2S(=O)(=O)c2ccccc2F)nc1C. The number of amides is 1. The predicted molar refractivity (Wildman–Crippen MR) is 98.8 cm³/mol. The second kappa shape index (κ2) is 7.45. The molecular weight excluding hydrogens is 393 g/mol. The molecule has 2 aromatic rings. The summed E-state index contributed by atoms with van der Waals surface area (Å²) >= 11 is 1.04. The smallest absolute Gasteiger partial charge is 0.246 e. The molecule has 1 aromatic carbocycles. The summed E-state index contributed by atoms with van der Waals surface area (Å²) in [7, 11) is -4.15. The van der Waals surface area contributed by atoms with Gasteiger partial charge in [0.2, 0.25) is 15.9 Å². The highest BCUT2D eigenvalue weighted by Crippen LogP contribution is 2.29. The fourth-order valence-corrected chi connectivity index (χ4v) is 5.62. The Kier molecular flexibility index (Phi) is 5.41. The highest BCUT2D eigenvalue weighted by atomic mass is 32.2. The van der Waals surface area contributed by atoms with Crippen molar-refractivity contribution in [3.8, 4) is 0 Å². The van der Waals surface area contributed by atoms with Crippen LogP contribution < -0.4 is 5.32 Å². The van der Waals surface area contributed by atoms with Gasteiger partial charge in [-0.2, -0.15) is 4.31 Å². The van der Waals surface area contributed by atoms with Gasteiger partial charge < -0.3 is 5.32 Å². The average molecular weight is 411 g/mol. The van der Waals surface area contributed by atoms with E-state index in [9.17, 15) is 22.4 Å². The van der Waals surface area contributed by atoms with Gasteiger partial charge in [-0.1, -0.05) is 23.5 Å². The predicted octanol–water partition coefficient (Wildman–Crippen LogP) is 2.59. The zero-order valence-electron chi connectivity index (χ0n) is 14.7. The number of nitrogens with one attached hydrogen (secondary N) is 1. The summed E-state index contributed by atoms with van der Waals surface area (Å²) in [5.41, 5.74) is 0.505. The van der Waals surface area contributed by atoms with E-state index < -0.39 is 32.7 Å². The van der Waals surface area contributed by atoms with Gasteiger partial charge in [-0.05, 0) is 31.9 Å². The number of aryl methyl sites for hydroxylation is 1. The van der Waals surface area contributed by atoms with Crippen LogP contribution in [0.3, 0.4) is 0 Å². The number of thiazole rings is 1. The lowest BCUT2D eigenvalue weighted by atomic mass is 10.2. The maximum Gasteiger partial charge on any atom is 0.246 e. The van der Waals surface area contributed by atoms with Crippen molar-refractivity contribution in [1.29, 1.82) is 0 Å². The number of carbonyl (C=O) groups is 2. The largest absolute Gasteiger partial charge is 0.301 e. The molecule has 10 heteroatoms. The molecule has 0 bridgehead atoms. The van der Waals surface area contributed by atoms with Gasteiger partial charge in [0.25, 0.3) is 0 Å². The number of rotatable bonds is 5. The average Bonchev–Trinajstić information content (AvgIpc) is 3.22. The number of sulfonamides is 1. The number of halogens is 1. The van der Waals surface area contributed by atoms with Crippen LogP contribution in [0.4, 0.5) is 9.52 Å². The van der Waals surface area contributed by atoms with Gasteiger partial charge in [0.05, 0.1) is 10.6 Å². The van der Waals surface area contributed by atoms with Crippen LogP contribution in [0.1, 0.15) is 35.1 Å². The number of nitrogens with zero attached hydrogens (tertiary/aromatic N) is 2. The Morgan fingerprint density at radius 2 is 2.04 bits per heavy atom. The molecule has 1 aromatic heterocycles. The summed E-state index contributed by atoms with van der Waals surface area (Å²) in [5, 5.41) is 2.82. The summed E-state index contributed by atoms with van der Waals surface area (Å²) in [6.45, 7) is 3.20. The number of aromatic nitrogens is 1. The third kappa shape index (κ3) is 3.78. The second-order valence-corrected chi connectivity index (χ2v) is 9.04. The first-order valence-electron chi connectivity index (χ1n) is 8.27. The van der Waals surface area contributed by atoms with Crippen LogP contribution in [0.25, 0.3) is 0 Å². The Labute approximate surface area is 160 Å². The molecule has 1 amide bonds. The lowest BCUT2D eigenvalue weighted by Crippen LogP contribution is -2.43. The lowest BCUT2D eigenvalue weighted by Gasteiger charge is -2.23. The maximum atomic E-state index is 14.0. The fourth-order valence-electron chi connectivity index (χ4n) is 3.04. The van der Waals surface area contributed by atoms with Crippen LogP contribution >= 0.6 is 11.3 Å². The molecule has 27 heavy (non-hydrogen) atoms. The first kappa shape index (κ1) is 19.6. The number of anilines is 1. The van der Waals surface area contributed by atoms with E-state index in [4.69, 9.17) is 0 Å². The van der Waals surface area contributed by atoms with E-state index in [0.29, 0.717) is 23.4 Å². The summed E-state index contributed by atoms with van der Waals surface area (Å²) in [5.74, 6) is -1.56. The zero-order valence-corrected chi connectivity index (χ0v) is 16.4. The Morgan fingerprint density at radius 1 is 1.33 bits per heavy atom. The van der Waals surface area contributed by atoms with Gasteiger partial charge in [-0.25, -0.2) is 17.8 Å². The van der Waals surface area contributed by atoms with Gasteiger partial charge in [0.1, 0.15) is 16.8 Å². The fraction of sp³-hybridized carbons (Fsp3) is 0.353. The highest BCUT2D eigenvalue weighted by Gasteiger charge is 2.40. The highest BCUT2D eigenvalue weighted by molar-refractivity contribution is 7.89. The standard InChI is InChI=1S/C17H18FN3O4S2/c1-10-15(11(2)22)26-17(19-10)20-16(23)13-7-5-9-21(13)27(24,25)14-8-4-3-6-12(14)18/h3-4,6,8,13H,5,7,9H2,1-2H3,(H,19,20,23)/t13-/m0/s1. The Hall–Kier alpha value is -2.17. The van der Waals surface area contributed by atoms with Crippen molar-refractivity contribution >= 4 is 38.2 Å². The lowest BCUT2D eigenvalue weighted by molar-refractivity contribution is -0.119. The van der Waals surface area contributed by atoms with Crippen LogP contribution in [-0.4, -0.2) is 42.0 Å². The van der Waals surface area contributed by atoms with E-state index in [0.717, 1.165) is 21.7 Å². The molecule has 1 atom stereocenters.